The highest BCUT2D eigenvalue weighted by Crippen LogP contribution is 2.17. The number of carbonyl (C=O) groups is 1. The minimum absolute atomic E-state index is 0.00874. The Balaban J connectivity index is 1.90. The highest BCUT2D eigenvalue weighted by Gasteiger charge is 2.26. The van der Waals surface area contributed by atoms with Gasteiger partial charge in [-0.25, -0.2) is 9.78 Å². The molecular formula is C16H26N4O2. The van der Waals surface area contributed by atoms with E-state index in [4.69, 9.17) is 10.5 Å². The van der Waals surface area contributed by atoms with Gasteiger partial charge in [-0.1, -0.05) is 6.07 Å². The molecule has 1 atom stereocenters. The topological polar surface area (TPSA) is 71.7 Å². The molecule has 0 aliphatic carbocycles. The molecule has 1 amide bonds. The number of nitrogens with two attached hydrogens (primary N) is 1. The maximum absolute atomic E-state index is 12.0. The van der Waals surface area contributed by atoms with Crippen molar-refractivity contribution in [2.45, 2.75) is 39.3 Å². The lowest BCUT2D eigenvalue weighted by Gasteiger charge is -2.36. The average molecular weight is 306 g/mol. The maximum atomic E-state index is 12.0. The van der Waals surface area contributed by atoms with Crippen LogP contribution < -0.4 is 10.6 Å². The smallest absolute Gasteiger partial charge is 0.410 e. The molecule has 1 saturated heterocycles. The molecule has 22 heavy (non-hydrogen) atoms. The Bertz CT molecular complexity index is 500. The first-order chi connectivity index (χ1) is 10.3. The second-order valence-corrected chi connectivity index (χ2v) is 6.69. The monoisotopic (exact) mass is 306 g/mol. The molecule has 2 rings (SSSR count). The summed E-state index contributed by atoms with van der Waals surface area (Å²) in [6.45, 7) is 10.4. The SMILES string of the molecule is C[C@H](N)c1ccc(N2CCN(C(=O)OC(C)(C)C)CC2)nc1. The predicted molar refractivity (Wildman–Crippen MR) is 86.9 cm³/mol. The van der Waals surface area contributed by atoms with Gasteiger partial charge in [0.2, 0.25) is 0 Å². The summed E-state index contributed by atoms with van der Waals surface area (Å²) in [6, 6.07) is 3.99. The molecule has 1 aliphatic heterocycles. The second kappa shape index (κ2) is 6.52. The van der Waals surface area contributed by atoms with Gasteiger partial charge in [-0.2, -0.15) is 0 Å². The summed E-state index contributed by atoms with van der Waals surface area (Å²) in [7, 11) is 0. The van der Waals surface area contributed by atoms with Crippen LogP contribution >= 0.6 is 0 Å². The number of nitrogens with zero attached hydrogens (tertiary/aromatic N) is 3. The molecule has 1 fully saturated rings. The Morgan fingerprint density at radius 3 is 2.36 bits per heavy atom. The fraction of sp³-hybridized carbons (Fsp3) is 0.625. The molecule has 1 aromatic heterocycles. The third kappa shape index (κ3) is 4.34. The van der Waals surface area contributed by atoms with E-state index in [0.717, 1.165) is 24.5 Å². The lowest BCUT2D eigenvalue weighted by Crippen LogP contribution is -2.50. The summed E-state index contributed by atoms with van der Waals surface area (Å²) in [6.07, 6.45) is 1.58. The van der Waals surface area contributed by atoms with Crippen LogP contribution in [0.4, 0.5) is 10.6 Å². The summed E-state index contributed by atoms with van der Waals surface area (Å²) < 4.78 is 5.40. The first-order valence-electron chi connectivity index (χ1n) is 7.71. The van der Waals surface area contributed by atoms with E-state index in [-0.39, 0.29) is 12.1 Å². The minimum Gasteiger partial charge on any atom is -0.444 e. The van der Waals surface area contributed by atoms with Gasteiger partial charge in [0.25, 0.3) is 0 Å². The predicted octanol–water partition coefficient (Wildman–Crippen LogP) is 2.16. The van der Waals surface area contributed by atoms with Crippen molar-refractivity contribution in [1.82, 2.24) is 9.88 Å². The van der Waals surface area contributed by atoms with Gasteiger partial charge < -0.3 is 20.3 Å². The van der Waals surface area contributed by atoms with Crippen LogP contribution in [0.1, 0.15) is 39.3 Å². The van der Waals surface area contributed by atoms with Crippen molar-refractivity contribution in [3.63, 3.8) is 0 Å². The van der Waals surface area contributed by atoms with E-state index >= 15 is 0 Å². The molecule has 0 aromatic carbocycles. The molecule has 0 saturated carbocycles. The molecule has 2 N–H and O–H groups in total. The lowest BCUT2D eigenvalue weighted by molar-refractivity contribution is 0.0240. The summed E-state index contributed by atoms with van der Waals surface area (Å²) in [4.78, 5) is 20.4. The molecule has 0 radical (unpaired) electrons. The average Bonchev–Trinajstić information content (AvgIpc) is 2.46. The van der Waals surface area contributed by atoms with E-state index in [9.17, 15) is 4.79 Å². The Labute approximate surface area is 132 Å². The van der Waals surface area contributed by atoms with Gasteiger partial charge in [-0.05, 0) is 39.3 Å². The molecule has 0 bridgehead atoms. The largest absolute Gasteiger partial charge is 0.444 e. The van der Waals surface area contributed by atoms with Crippen LogP contribution in [0.25, 0.3) is 0 Å². The molecule has 1 aromatic rings. The Kier molecular flexibility index (Phi) is 4.90. The number of piperazine rings is 1. The minimum atomic E-state index is -0.454. The number of carbonyl (C=O) groups excluding carboxylic acids is 1. The van der Waals surface area contributed by atoms with Gasteiger partial charge in [-0.15, -0.1) is 0 Å². The molecule has 6 nitrogen and oxygen atoms in total. The molecule has 0 spiro atoms. The van der Waals surface area contributed by atoms with Gasteiger partial charge in [0.15, 0.2) is 0 Å². The molecule has 122 valence electrons. The summed E-state index contributed by atoms with van der Waals surface area (Å²) in [5, 5.41) is 0. The summed E-state index contributed by atoms with van der Waals surface area (Å²) in [5.41, 5.74) is 6.40. The van der Waals surface area contributed by atoms with Crippen molar-refractivity contribution in [3.05, 3.63) is 23.9 Å². The van der Waals surface area contributed by atoms with Crippen molar-refractivity contribution in [2.24, 2.45) is 5.73 Å². The zero-order valence-corrected chi connectivity index (χ0v) is 13.9. The van der Waals surface area contributed by atoms with Gasteiger partial charge in [0.05, 0.1) is 0 Å². The standard InChI is InChI=1S/C16H26N4O2/c1-12(17)13-5-6-14(18-11-13)19-7-9-20(10-8-19)15(21)22-16(2,3)4/h5-6,11-12H,7-10,17H2,1-4H3/t12-/m0/s1. The number of aromatic nitrogens is 1. The van der Waals surface area contributed by atoms with E-state index in [1.807, 2.05) is 46.0 Å². The van der Waals surface area contributed by atoms with E-state index in [2.05, 4.69) is 9.88 Å². The van der Waals surface area contributed by atoms with Crippen LogP contribution in [0.5, 0.6) is 0 Å². The number of hydrogen-bond acceptors (Lipinski definition) is 5. The van der Waals surface area contributed by atoms with Crippen LogP contribution in [0.3, 0.4) is 0 Å². The van der Waals surface area contributed by atoms with Crippen molar-refractivity contribution in [2.75, 3.05) is 31.1 Å². The molecule has 6 heteroatoms. The Morgan fingerprint density at radius 1 is 1.27 bits per heavy atom. The third-order valence-electron chi connectivity index (χ3n) is 3.55. The quantitative estimate of drug-likeness (QED) is 0.906. The molecular weight excluding hydrogens is 280 g/mol. The number of hydrogen-bond donors (Lipinski definition) is 1. The van der Waals surface area contributed by atoms with E-state index in [1.54, 1.807) is 4.90 Å². The first kappa shape index (κ1) is 16.5. The van der Waals surface area contributed by atoms with Gasteiger partial charge in [0, 0.05) is 38.4 Å². The first-order valence-corrected chi connectivity index (χ1v) is 7.71. The lowest BCUT2D eigenvalue weighted by atomic mass is 10.1. The zero-order valence-electron chi connectivity index (χ0n) is 13.9. The van der Waals surface area contributed by atoms with Gasteiger partial charge in [-0.3, -0.25) is 0 Å². The third-order valence-corrected chi connectivity index (χ3v) is 3.55. The summed E-state index contributed by atoms with van der Waals surface area (Å²) >= 11 is 0. The zero-order chi connectivity index (χ0) is 16.3. The number of rotatable bonds is 2. The molecule has 2 heterocycles. The number of amides is 1. The van der Waals surface area contributed by atoms with Crippen LogP contribution in [-0.4, -0.2) is 47.8 Å². The van der Waals surface area contributed by atoms with E-state index < -0.39 is 5.60 Å². The highest BCUT2D eigenvalue weighted by molar-refractivity contribution is 5.68. The Hall–Kier alpha value is -1.82. The fourth-order valence-corrected chi connectivity index (χ4v) is 2.30. The second-order valence-electron chi connectivity index (χ2n) is 6.69. The Morgan fingerprint density at radius 2 is 1.91 bits per heavy atom. The normalized spacial score (nSPS) is 17.3. The van der Waals surface area contributed by atoms with Crippen molar-refractivity contribution < 1.29 is 9.53 Å². The van der Waals surface area contributed by atoms with Crippen LogP contribution in [0.2, 0.25) is 0 Å². The van der Waals surface area contributed by atoms with Crippen LogP contribution in [0, 0.1) is 0 Å². The fourth-order valence-electron chi connectivity index (χ4n) is 2.30. The van der Waals surface area contributed by atoms with Crippen LogP contribution in [0.15, 0.2) is 18.3 Å². The number of ether oxygens (including phenoxy) is 1. The summed E-state index contributed by atoms with van der Waals surface area (Å²) in [5.74, 6) is 0.924. The van der Waals surface area contributed by atoms with Crippen molar-refractivity contribution >= 4 is 11.9 Å². The van der Waals surface area contributed by atoms with Crippen molar-refractivity contribution in [1.29, 1.82) is 0 Å². The van der Waals surface area contributed by atoms with Gasteiger partial charge in [0.1, 0.15) is 11.4 Å². The molecule has 1 aliphatic rings. The van der Waals surface area contributed by atoms with Crippen LogP contribution in [-0.2, 0) is 4.74 Å². The number of anilines is 1. The van der Waals surface area contributed by atoms with E-state index in [1.165, 1.54) is 0 Å². The maximum Gasteiger partial charge on any atom is 0.410 e. The van der Waals surface area contributed by atoms with E-state index in [0.29, 0.717) is 13.1 Å². The van der Waals surface area contributed by atoms with Crippen molar-refractivity contribution in [3.8, 4) is 0 Å². The highest BCUT2D eigenvalue weighted by atomic mass is 16.6. The van der Waals surface area contributed by atoms with Gasteiger partial charge >= 0.3 is 6.09 Å². The number of pyridine rings is 1. The molecule has 0 unspecified atom stereocenters.